The summed E-state index contributed by atoms with van der Waals surface area (Å²) in [6.07, 6.45) is 0.725. The summed E-state index contributed by atoms with van der Waals surface area (Å²) in [6.45, 7) is 5.87. The van der Waals surface area contributed by atoms with Gasteiger partial charge in [0.1, 0.15) is 5.58 Å². The number of halogens is 1. The Bertz CT molecular complexity index is 666. The molecule has 4 nitrogen and oxygen atoms in total. The fraction of sp³-hybridized carbons (Fsp3) is 0.438. The lowest BCUT2D eigenvalue weighted by Gasteiger charge is -2.26. The van der Waals surface area contributed by atoms with Gasteiger partial charge in [-0.15, -0.1) is 0 Å². The second kappa shape index (κ2) is 7.20. The van der Waals surface area contributed by atoms with Gasteiger partial charge < -0.3 is 9.52 Å². The van der Waals surface area contributed by atoms with Gasteiger partial charge in [0.2, 0.25) is 0 Å². The van der Waals surface area contributed by atoms with Gasteiger partial charge >= 0.3 is 5.63 Å². The van der Waals surface area contributed by atoms with Crippen molar-refractivity contribution < 1.29 is 9.52 Å². The van der Waals surface area contributed by atoms with Crippen molar-refractivity contribution in [2.75, 3.05) is 13.2 Å². The number of fused-ring (bicyclic) bond motifs is 1. The van der Waals surface area contributed by atoms with E-state index in [0.717, 1.165) is 28.4 Å². The smallest absolute Gasteiger partial charge is 0.336 e. The van der Waals surface area contributed by atoms with Crippen LogP contribution in [0.15, 0.2) is 37.9 Å². The number of nitrogens with zero attached hydrogens (tertiary/aromatic N) is 1. The zero-order valence-electron chi connectivity index (χ0n) is 12.3. The van der Waals surface area contributed by atoms with E-state index < -0.39 is 0 Å². The van der Waals surface area contributed by atoms with Crippen LogP contribution < -0.4 is 5.63 Å². The summed E-state index contributed by atoms with van der Waals surface area (Å²) in [6, 6.07) is 7.62. The minimum atomic E-state index is -0.332. The van der Waals surface area contributed by atoms with Gasteiger partial charge in [0, 0.05) is 41.7 Å². The number of rotatable bonds is 6. The molecular formula is C16H20BrNO3. The third kappa shape index (κ3) is 4.15. The first-order chi connectivity index (χ1) is 10.0. The molecule has 0 saturated heterocycles. The molecule has 114 valence electrons. The van der Waals surface area contributed by atoms with Crippen LogP contribution in [-0.4, -0.2) is 29.2 Å². The fourth-order valence-electron chi connectivity index (χ4n) is 2.35. The SMILES string of the molecule is CC(C)N(CCCO)Cc1cc(=O)oc2cc(Br)ccc12. The van der Waals surface area contributed by atoms with Crippen molar-refractivity contribution in [1.82, 2.24) is 4.90 Å². The monoisotopic (exact) mass is 353 g/mol. The Morgan fingerprint density at radius 2 is 2.10 bits per heavy atom. The maximum absolute atomic E-state index is 11.7. The van der Waals surface area contributed by atoms with Crippen molar-refractivity contribution in [2.24, 2.45) is 0 Å². The third-order valence-corrected chi connectivity index (χ3v) is 3.99. The summed E-state index contributed by atoms with van der Waals surface area (Å²) in [5.41, 5.74) is 1.22. The molecule has 2 aromatic rings. The van der Waals surface area contributed by atoms with Crippen molar-refractivity contribution in [3.8, 4) is 0 Å². The van der Waals surface area contributed by atoms with Crippen LogP contribution in [0.3, 0.4) is 0 Å². The summed E-state index contributed by atoms with van der Waals surface area (Å²) in [5.74, 6) is 0. The van der Waals surface area contributed by atoms with Gasteiger partial charge in [-0.2, -0.15) is 0 Å². The predicted molar refractivity (Wildman–Crippen MR) is 87.4 cm³/mol. The molecule has 0 bridgehead atoms. The molecule has 0 aliphatic carbocycles. The van der Waals surface area contributed by atoms with Crippen LogP contribution in [0.5, 0.6) is 0 Å². The van der Waals surface area contributed by atoms with Crippen LogP contribution in [0.2, 0.25) is 0 Å². The lowest BCUT2D eigenvalue weighted by molar-refractivity contribution is 0.185. The van der Waals surface area contributed by atoms with E-state index in [1.807, 2.05) is 18.2 Å². The molecule has 21 heavy (non-hydrogen) atoms. The molecule has 0 saturated carbocycles. The lowest BCUT2D eigenvalue weighted by Crippen LogP contribution is -2.32. The first-order valence-corrected chi connectivity index (χ1v) is 7.87. The van der Waals surface area contributed by atoms with Crippen LogP contribution >= 0.6 is 15.9 Å². The zero-order chi connectivity index (χ0) is 15.4. The Labute approximate surface area is 132 Å². The molecule has 0 atom stereocenters. The van der Waals surface area contributed by atoms with Gasteiger partial charge in [-0.25, -0.2) is 4.79 Å². The third-order valence-electron chi connectivity index (χ3n) is 3.50. The van der Waals surface area contributed by atoms with E-state index in [1.54, 1.807) is 6.07 Å². The number of hydrogen-bond acceptors (Lipinski definition) is 4. The number of hydrogen-bond donors (Lipinski definition) is 1. The van der Waals surface area contributed by atoms with Crippen molar-refractivity contribution in [3.63, 3.8) is 0 Å². The van der Waals surface area contributed by atoms with Gasteiger partial charge in [-0.05, 0) is 44.0 Å². The molecular weight excluding hydrogens is 334 g/mol. The maximum Gasteiger partial charge on any atom is 0.336 e. The molecule has 0 fully saturated rings. The number of aliphatic hydroxyl groups is 1. The molecule has 0 aliphatic rings. The average molecular weight is 354 g/mol. The Kier molecular flexibility index (Phi) is 5.56. The van der Waals surface area contributed by atoms with Crippen LogP contribution in [0.4, 0.5) is 0 Å². The van der Waals surface area contributed by atoms with E-state index in [0.29, 0.717) is 18.2 Å². The number of aliphatic hydroxyl groups excluding tert-OH is 1. The number of benzene rings is 1. The minimum Gasteiger partial charge on any atom is -0.423 e. The molecule has 1 aromatic heterocycles. The maximum atomic E-state index is 11.7. The zero-order valence-corrected chi connectivity index (χ0v) is 13.9. The molecule has 0 unspecified atom stereocenters. The molecule has 2 rings (SSSR count). The van der Waals surface area contributed by atoms with E-state index in [1.165, 1.54) is 0 Å². The van der Waals surface area contributed by atoms with Gasteiger partial charge in [0.05, 0.1) is 0 Å². The van der Waals surface area contributed by atoms with Gasteiger partial charge in [0.25, 0.3) is 0 Å². The summed E-state index contributed by atoms with van der Waals surface area (Å²) < 4.78 is 6.15. The molecule has 5 heteroatoms. The summed E-state index contributed by atoms with van der Waals surface area (Å²) in [7, 11) is 0. The summed E-state index contributed by atoms with van der Waals surface area (Å²) >= 11 is 3.39. The molecule has 1 heterocycles. The highest BCUT2D eigenvalue weighted by Crippen LogP contribution is 2.23. The lowest BCUT2D eigenvalue weighted by atomic mass is 10.1. The quantitative estimate of drug-likeness (QED) is 0.810. The van der Waals surface area contributed by atoms with Crippen LogP contribution in [-0.2, 0) is 6.54 Å². The first kappa shape index (κ1) is 16.2. The van der Waals surface area contributed by atoms with Crippen molar-refractivity contribution in [3.05, 3.63) is 44.7 Å². The van der Waals surface area contributed by atoms with Gasteiger partial charge in [-0.3, -0.25) is 4.90 Å². The van der Waals surface area contributed by atoms with Crippen LogP contribution in [0, 0.1) is 0 Å². The highest BCUT2D eigenvalue weighted by molar-refractivity contribution is 9.10. The van der Waals surface area contributed by atoms with E-state index in [4.69, 9.17) is 9.52 Å². The van der Waals surface area contributed by atoms with Crippen molar-refractivity contribution in [1.29, 1.82) is 0 Å². The highest BCUT2D eigenvalue weighted by Gasteiger charge is 2.13. The second-order valence-electron chi connectivity index (χ2n) is 5.37. The van der Waals surface area contributed by atoms with Crippen molar-refractivity contribution >= 4 is 26.9 Å². The highest BCUT2D eigenvalue weighted by atomic mass is 79.9. The topological polar surface area (TPSA) is 53.7 Å². The molecule has 0 amide bonds. The Hall–Kier alpha value is -1.17. The van der Waals surface area contributed by atoms with E-state index >= 15 is 0 Å². The Morgan fingerprint density at radius 3 is 2.76 bits per heavy atom. The predicted octanol–water partition coefficient (Wildman–Crippen LogP) is 3.15. The fourth-order valence-corrected chi connectivity index (χ4v) is 2.69. The largest absolute Gasteiger partial charge is 0.423 e. The standard InChI is InChI=1S/C16H20BrNO3/c1-11(2)18(6-3-7-19)10-12-8-16(20)21-15-9-13(17)4-5-14(12)15/h4-5,8-9,11,19H,3,6-7,10H2,1-2H3. The normalized spacial score (nSPS) is 11.7. The Balaban J connectivity index is 2.38. The van der Waals surface area contributed by atoms with Crippen molar-refractivity contribution in [2.45, 2.75) is 32.9 Å². The molecule has 1 N–H and O–H groups in total. The first-order valence-electron chi connectivity index (χ1n) is 7.08. The minimum absolute atomic E-state index is 0.174. The van der Waals surface area contributed by atoms with E-state index in [-0.39, 0.29) is 12.2 Å². The molecule has 0 spiro atoms. The van der Waals surface area contributed by atoms with Gasteiger partial charge in [-0.1, -0.05) is 15.9 Å². The molecule has 0 radical (unpaired) electrons. The average Bonchev–Trinajstić information content (AvgIpc) is 2.42. The summed E-state index contributed by atoms with van der Waals surface area (Å²) in [5, 5.41) is 9.96. The van der Waals surface area contributed by atoms with Crippen LogP contribution in [0.1, 0.15) is 25.8 Å². The Morgan fingerprint density at radius 1 is 1.33 bits per heavy atom. The molecule has 1 aromatic carbocycles. The van der Waals surface area contributed by atoms with Gasteiger partial charge in [0.15, 0.2) is 0 Å². The second-order valence-corrected chi connectivity index (χ2v) is 6.29. The van der Waals surface area contributed by atoms with Crippen LogP contribution in [0.25, 0.3) is 11.0 Å². The van der Waals surface area contributed by atoms with E-state index in [9.17, 15) is 4.79 Å². The van der Waals surface area contributed by atoms with E-state index in [2.05, 4.69) is 34.7 Å². The summed E-state index contributed by atoms with van der Waals surface area (Å²) in [4.78, 5) is 14.0. The molecule has 0 aliphatic heterocycles.